The average molecular weight is 341 g/mol. The number of anilines is 1. The number of hydrogen-bond donors (Lipinski definition) is 2. The minimum absolute atomic E-state index is 0.0121. The lowest BCUT2D eigenvalue weighted by Crippen LogP contribution is -2.37. The van der Waals surface area contributed by atoms with Crippen molar-refractivity contribution in [2.45, 2.75) is 25.7 Å². The number of likely N-dealkylation sites (tertiary alicyclic amines) is 1. The van der Waals surface area contributed by atoms with Crippen molar-refractivity contribution in [3.8, 4) is 0 Å². The number of rotatable bonds is 2. The average Bonchev–Trinajstić information content (AvgIpc) is 3.22. The summed E-state index contributed by atoms with van der Waals surface area (Å²) in [6, 6.07) is 4.18. The molecule has 4 rings (SSSR count). The van der Waals surface area contributed by atoms with E-state index in [4.69, 9.17) is 5.73 Å². The van der Waals surface area contributed by atoms with Crippen LogP contribution in [0.25, 0.3) is 11.0 Å². The van der Waals surface area contributed by atoms with Crippen LogP contribution >= 0.6 is 11.5 Å². The number of aromatic nitrogens is 3. The highest BCUT2D eigenvalue weighted by Crippen LogP contribution is 2.33. The molecule has 0 atom stereocenters. The van der Waals surface area contributed by atoms with Gasteiger partial charge in [-0.25, -0.2) is 4.98 Å². The largest absolute Gasteiger partial charge is 0.396 e. The number of amides is 1. The Morgan fingerprint density at radius 1 is 1.38 bits per heavy atom. The highest BCUT2D eigenvalue weighted by Gasteiger charge is 2.28. The maximum atomic E-state index is 12.6. The van der Waals surface area contributed by atoms with Crippen LogP contribution in [-0.4, -0.2) is 38.2 Å². The molecule has 7 heteroatoms. The van der Waals surface area contributed by atoms with Crippen molar-refractivity contribution < 1.29 is 4.79 Å². The molecule has 3 aromatic rings. The minimum atomic E-state index is 0.0121. The SMILES string of the molecule is Cc1nsc(C(=O)N2CCC(c3ccnc4[nH]ccc34)CC2)c1N. The van der Waals surface area contributed by atoms with Gasteiger partial charge in [-0.15, -0.1) is 0 Å². The van der Waals surface area contributed by atoms with E-state index in [1.165, 1.54) is 22.5 Å². The molecule has 0 bridgehead atoms. The van der Waals surface area contributed by atoms with Crippen LogP contribution < -0.4 is 5.73 Å². The number of nitrogens with two attached hydrogens (primary N) is 1. The van der Waals surface area contributed by atoms with E-state index in [0.717, 1.165) is 37.3 Å². The molecule has 1 amide bonds. The van der Waals surface area contributed by atoms with E-state index in [1.54, 1.807) is 0 Å². The number of aryl methyl sites for hydroxylation is 1. The number of hydrogen-bond acceptors (Lipinski definition) is 5. The minimum Gasteiger partial charge on any atom is -0.396 e. The van der Waals surface area contributed by atoms with Crippen LogP contribution in [0.2, 0.25) is 0 Å². The molecule has 0 unspecified atom stereocenters. The van der Waals surface area contributed by atoms with Crippen LogP contribution in [0.5, 0.6) is 0 Å². The summed E-state index contributed by atoms with van der Waals surface area (Å²) < 4.78 is 4.18. The lowest BCUT2D eigenvalue weighted by atomic mass is 9.88. The predicted octanol–water partition coefficient (Wildman–Crippen LogP) is 2.93. The summed E-state index contributed by atoms with van der Waals surface area (Å²) in [5, 5.41) is 1.18. The molecular weight excluding hydrogens is 322 g/mol. The molecule has 24 heavy (non-hydrogen) atoms. The van der Waals surface area contributed by atoms with Crippen LogP contribution in [0.15, 0.2) is 24.5 Å². The van der Waals surface area contributed by atoms with Crippen molar-refractivity contribution >= 4 is 34.2 Å². The molecule has 3 aromatic heterocycles. The third kappa shape index (κ3) is 2.45. The first-order chi connectivity index (χ1) is 11.6. The van der Waals surface area contributed by atoms with Gasteiger partial charge in [0.05, 0.1) is 11.4 Å². The Morgan fingerprint density at radius 2 is 2.17 bits per heavy atom. The lowest BCUT2D eigenvalue weighted by Gasteiger charge is -2.32. The third-order valence-corrected chi connectivity index (χ3v) is 5.76. The van der Waals surface area contributed by atoms with Gasteiger partial charge >= 0.3 is 0 Å². The van der Waals surface area contributed by atoms with Crippen LogP contribution in [0.1, 0.15) is 39.7 Å². The zero-order valence-corrected chi connectivity index (χ0v) is 14.3. The van der Waals surface area contributed by atoms with Gasteiger partial charge < -0.3 is 15.6 Å². The van der Waals surface area contributed by atoms with E-state index in [0.29, 0.717) is 16.5 Å². The number of carbonyl (C=O) groups excluding carboxylic acids is 1. The summed E-state index contributed by atoms with van der Waals surface area (Å²) in [6.07, 6.45) is 5.68. The molecule has 0 saturated carbocycles. The highest BCUT2D eigenvalue weighted by molar-refractivity contribution is 7.08. The van der Waals surface area contributed by atoms with Gasteiger partial charge in [0.1, 0.15) is 10.5 Å². The van der Waals surface area contributed by atoms with Crippen molar-refractivity contribution in [3.05, 3.63) is 40.7 Å². The fraction of sp³-hybridized carbons (Fsp3) is 0.353. The molecule has 4 heterocycles. The van der Waals surface area contributed by atoms with Crippen LogP contribution in [0, 0.1) is 6.92 Å². The molecule has 1 saturated heterocycles. The Bertz CT molecular complexity index is 891. The number of carbonyl (C=O) groups is 1. The quantitative estimate of drug-likeness (QED) is 0.750. The molecular formula is C17H19N5OS. The van der Waals surface area contributed by atoms with E-state index in [-0.39, 0.29) is 5.91 Å². The maximum Gasteiger partial charge on any atom is 0.267 e. The van der Waals surface area contributed by atoms with E-state index in [1.807, 2.05) is 24.2 Å². The molecule has 3 N–H and O–H groups in total. The summed E-state index contributed by atoms with van der Waals surface area (Å²) >= 11 is 1.20. The van der Waals surface area contributed by atoms with Gasteiger partial charge in [0.2, 0.25) is 0 Å². The van der Waals surface area contributed by atoms with E-state index in [2.05, 4.69) is 26.5 Å². The van der Waals surface area contributed by atoms with E-state index in [9.17, 15) is 4.79 Å². The Morgan fingerprint density at radius 3 is 2.88 bits per heavy atom. The number of piperidine rings is 1. The molecule has 1 fully saturated rings. The first kappa shape index (κ1) is 15.1. The number of fused-ring (bicyclic) bond motifs is 1. The molecule has 0 aliphatic carbocycles. The summed E-state index contributed by atoms with van der Waals surface area (Å²) in [5.41, 5.74) is 9.48. The maximum absolute atomic E-state index is 12.6. The zero-order valence-electron chi connectivity index (χ0n) is 13.5. The van der Waals surface area contributed by atoms with Crippen LogP contribution in [0.4, 0.5) is 5.69 Å². The first-order valence-electron chi connectivity index (χ1n) is 8.08. The second kappa shape index (κ2) is 5.90. The molecule has 0 radical (unpaired) electrons. The summed E-state index contributed by atoms with van der Waals surface area (Å²) in [7, 11) is 0. The van der Waals surface area contributed by atoms with Gasteiger partial charge in [0.25, 0.3) is 5.91 Å². The van der Waals surface area contributed by atoms with Gasteiger partial charge in [-0.2, -0.15) is 4.37 Å². The molecule has 124 valence electrons. The number of nitrogens with zero attached hydrogens (tertiary/aromatic N) is 3. The second-order valence-electron chi connectivity index (χ2n) is 6.22. The van der Waals surface area contributed by atoms with Crippen molar-refractivity contribution in [1.82, 2.24) is 19.2 Å². The van der Waals surface area contributed by atoms with Gasteiger partial charge in [-0.1, -0.05) is 0 Å². The van der Waals surface area contributed by atoms with Gasteiger partial charge in [0, 0.05) is 30.9 Å². The molecule has 6 nitrogen and oxygen atoms in total. The smallest absolute Gasteiger partial charge is 0.267 e. The summed E-state index contributed by atoms with van der Waals surface area (Å²) in [5.74, 6) is 0.467. The Hall–Kier alpha value is -2.41. The van der Waals surface area contributed by atoms with Crippen LogP contribution in [-0.2, 0) is 0 Å². The van der Waals surface area contributed by atoms with E-state index >= 15 is 0 Å². The predicted molar refractivity (Wildman–Crippen MR) is 95.2 cm³/mol. The molecule has 0 aromatic carbocycles. The molecule has 1 aliphatic rings. The number of aromatic amines is 1. The van der Waals surface area contributed by atoms with Crippen molar-refractivity contribution in [3.63, 3.8) is 0 Å². The van der Waals surface area contributed by atoms with E-state index < -0.39 is 0 Å². The fourth-order valence-electron chi connectivity index (χ4n) is 3.41. The topological polar surface area (TPSA) is 87.9 Å². The standard InChI is InChI=1S/C17H19N5OS/c1-10-14(18)15(24-21-10)17(23)22-8-4-11(5-9-22)12-2-6-19-16-13(12)3-7-20-16/h2-3,6-7,11H,4-5,8-9,18H2,1H3,(H,19,20). The zero-order chi connectivity index (χ0) is 16.7. The van der Waals surface area contributed by atoms with Gasteiger partial charge in [-0.3, -0.25) is 4.79 Å². The number of pyridine rings is 1. The Balaban J connectivity index is 1.50. The number of nitrogen functional groups attached to an aromatic ring is 1. The summed E-state index contributed by atoms with van der Waals surface area (Å²) in [4.78, 5) is 22.6. The second-order valence-corrected chi connectivity index (χ2v) is 6.99. The Labute approximate surface area is 143 Å². The molecule has 1 aliphatic heterocycles. The number of nitrogens with one attached hydrogen (secondary N) is 1. The van der Waals surface area contributed by atoms with Gasteiger partial charge in [0.15, 0.2) is 0 Å². The van der Waals surface area contributed by atoms with Crippen molar-refractivity contribution in [2.24, 2.45) is 0 Å². The van der Waals surface area contributed by atoms with Gasteiger partial charge in [-0.05, 0) is 54.9 Å². The molecule has 0 spiro atoms. The van der Waals surface area contributed by atoms with Crippen molar-refractivity contribution in [1.29, 1.82) is 0 Å². The normalized spacial score (nSPS) is 16.0. The highest BCUT2D eigenvalue weighted by atomic mass is 32.1. The Kier molecular flexibility index (Phi) is 3.72. The fourth-order valence-corrected chi connectivity index (χ4v) is 4.19. The lowest BCUT2D eigenvalue weighted by molar-refractivity contribution is 0.0719. The monoisotopic (exact) mass is 341 g/mol. The van der Waals surface area contributed by atoms with Crippen molar-refractivity contribution in [2.75, 3.05) is 18.8 Å². The first-order valence-corrected chi connectivity index (χ1v) is 8.85. The van der Waals surface area contributed by atoms with Crippen LogP contribution in [0.3, 0.4) is 0 Å². The number of H-pyrrole nitrogens is 1. The third-order valence-electron chi connectivity index (χ3n) is 4.82. The summed E-state index contributed by atoms with van der Waals surface area (Å²) in [6.45, 7) is 3.32.